The lowest BCUT2D eigenvalue weighted by atomic mass is 10.1. The lowest BCUT2D eigenvalue weighted by Gasteiger charge is -2.31. The molecule has 1 aromatic heterocycles. The van der Waals surface area contributed by atoms with E-state index in [4.69, 9.17) is 0 Å². The minimum Gasteiger partial charge on any atom is -0.367 e. The van der Waals surface area contributed by atoms with Crippen LogP contribution in [0.15, 0.2) is 22.8 Å². The number of hydrogen-bond acceptors (Lipinski definition) is 4. The Hall–Kier alpha value is -1.14. The highest BCUT2D eigenvalue weighted by atomic mass is 79.9. The molecule has 0 radical (unpaired) electrons. The normalized spacial score (nSPS) is 17.2. The van der Waals surface area contributed by atoms with Crippen molar-refractivity contribution < 1.29 is 4.79 Å². The summed E-state index contributed by atoms with van der Waals surface area (Å²) in [7, 11) is 1.68. The van der Waals surface area contributed by atoms with Crippen molar-refractivity contribution in [2.24, 2.45) is 0 Å². The summed E-state index contributed by atoms with van der Waals surface area (Å²) in [6.07, 6.45) is 3.87. The summed E-state index contributed by atoms with van der Waals surface area (Å²) in [4.78, 5) is 17.8. The van der Waals surface area contributed by atoms with Gasteiger partial charge in [0.2, 0.25) is 5.91 Å². The summed E-state index contributed by atoms with van der Waals surface area (Å²) in [5.74, 6) is 0.994. The topological polar surface area (TPSA) is 57.3 Å². The Morgan fingerprint density at radius 1 is 1.47 bits per heavy atom. The third-order valence-corrected chi connectivity index (χ3v) is 3.78. The molecule has 5 nitrogen and oxygen atoms in total. The minimum absolute atomic E-state index is 0.0842. The number of nitrogens with one attached hydrogen (secondary N) is 2. The Kier molecular flexibility index (Phi) is 5.15. The van der Waals surface area contributed by atoms with Gasteiger partial charge in [0.1, 0.15) is 5.82 Å². The number of amides is 1. The van der Waals surface area contributed by atoms with Gasteiger partial charge < -0.3 is 10.6 Å². The van der Waals surface area contributed by atoms with E-state index >= 15 is 0 Å². The van der Waals surface area contributed by atoms with Crippen molar-refractivity contribution in [2.45, 2.75) is 18.9 Å². The molecule has 0 atom stereocenters. The molecule has 0 unspecified atom stereocenters. The highest BCUT2D eigenvalue weighted by Crippen LogP contribution is 2.16. The second kappa shape index (κ2) is 6.86. The van der Waals surface area contributed by atoms with Crippen LogP contribution in [0.3, 0.4) is 0 Å². The number of nitrogens with zero attached hydrogens (tertiary/aromatic N) is 2. The van der Waals surface area contributed by atoms with Crippen LogP contribution in [-0.4, -0.2) is 48.5 Å². The number of anilines is 1. The SMILES string of the molecule is CNC(=O)CN1CCC(Nc2ccc(Br)cn2)CC1. The Morgan fingerprint density at radius 3 is 2.79 bits per heavy atom. The summed E-state index contributed by atoms with van der Waals surface area (Å²) in [5, 5.41) is 6.09. The van der Waals surface area contributed by atoms with E-state index in [1.54, 1.807) is 13.2 Å². The molecule has 1 fully saturated rings. The maximum Gasteiger partial charge on any atom is 0.233 e. The number of carbonyl (C=O) groups excluding carboxylic acids is 1. The number of carbonyl (C=O) groups is 1. The molecule has 1 aliphatic rings. The number of likely N-dealkylation sites (N-methyl/N-ethyl adjacent to an activating group) is 1. The summed E-state index contributed by atoms with van der Waals surface area (Å²) < 4.78 is 0.985. The zero-order chi connectivity index (χ0) is 13.7. The summed E-state index contributed by atoms with van der Waals surface area (Å²) >= 11 is 3.37. The van der Waals surface area contributed by atoms with Crippen LogP contribution in [0, 0.1) is 0 Å². The zero-order valence-electron chi connectivity index (χ0n) is 11.0. The Bertz CT molecular complexity index is 415. The van der Waals surface area contributed by atoms with Crippen molar-refractivity contribution in [3.05, 3.63) is 22.8 Å². The van der Waals surface area contributed by atoms with Gasteiger partial charge in [0.25, 0.3) is 0 Å². The highest BCUT2D eigenvalue weighted by molar-refractivity contribution is 9.10. The fraction of sp³-hybridized carbons (Fsp3) is 0.538. The standard InChI is InChI=1S/C13H19BrN4O/c1-15-13(19)9-18-6-4-11(5-7-18)17-12-3-2-10(14)8-16-12/h2-3,8,11H,4-7,9H2,1H3,(H,15,19)(H,16,17). The number of rotatable bonds is 4. The second-order valence-corrected chi connectivity index (χ2v) is 5.65. The van der Waals surface area contributed by atoms with Crippen LogP contribution in [0.5, 0.6) is 0 Å². The lowest BCUT2D eigenvalue weighted by Crippen LogP contribution is -2.43. The molecule has 6 heteroatoms. The van der Waals surface area contributed by atoms with Crippen molar-refractivity contribution in [1.29, 1.82) is 0 Å². The maximum absolute atomic E-state index is 11.3. The average molecular weight is 327 g/mol. The maximum atomic E-state index is 11.3. The monoisotopic (exact) mass is 326 g/mol. The summed E-state index contributed by atoms with van der Waals surface area (Å²) in [6.45, 7) is 2.39. The molecule has 0 bridgehead atoms. The third kappa shape index (κ3) is 4.47. The Labute approximate surface area is 121 Å². The molecule has 0 aliphatic carbocycles. The molecule has 0 saturated carbocycles. The van der Waals surface area contributed by atoms with Crippen molar-refractivity contribution in [3.63, 3.8) is 0 Å². The van der Waals surface area contributed by atoms with Crippen molar-refractivity contribution in [1.82, 2.24) is 15.2 Å². The molecule has 0 aromatic carbocycles. The smallest absolute Gasteiger partial charge is 0.233 e. The van der Waals surface area contributed by atoms with E-state index in [-0.39, 0.29) is 5.91 Å². The van der Waals surface area contributed by atoms with E-state index in [1.807, 2.05) is 12.1 Å². The first kappa shape index (κ1) is 14.3. The van der Waals surface area contributed by atoms with Gasteiger partial charge in [-0.1, -0.05) is 0 Å². The van der Waals surface area contributed by atoms with E-state index in [9.17, 15) is 4.79 Å². The summed E-state index contributed by atoms with van der Waals surface area (Å²) in [6, 6.07) is 4.39. The molecule has 1 amide bonds. The van der Waals surface area contributed by atoms with Gasteiger partial charge in [0.15, 0.2) is 0 Å². The zero-order valence-corrected chi connectivity index (χ0v) is 12.6. The number of piperidine rings is 1. The van der Waals surface area contributed by atoms with Gasteiger partial charge in [-0.15, -0.1) is 0 Å². The molecule has 2 N–H and O–H groups in total. The molecule has 0 spiro atoms. The molecule has 1 saturated heterocycles. The first-order valence-corrected chi connectivity index (χ1v) is 7.27. The van der Waals surface area contributed by atoms with Crippen LogP contribution in [0.4, 0.5) is 5.82 Å². The van der Waals surface area contributed by atoms with Gasteiger partial charge >= 0.3 is 0 Å². The minimum atomic E-state index is 0.0842. The highest BCUT2D eigenvalue weighted by Gasteiger charge is 2.20. The fourth-order valence-electron chi connectivity index (χ4n) is 2.19. The summed E-state index contributed by atoms with van der Waals surface area (Å²) in [5.41, 5.74) is 0. The van der Waals surface area contributed by atoms with Crippen LogP contribution in [0.25, 0.3) is 0 Å². The first-order valence-electron chi connectivity index (χ1n) is 6.48. The largest absolute Gasteiger partial charge is 0.367 e. The molecule has 1 aromatic rings. The predicted molar refractivity (Wildman–Crippen MR) is 79.1 cm³/mol. The quantitative estimate of drug-likeness (QED) is 0.879. The number of likely N-dealkylation sites (tertiary alicyclic amines) is 1. The van der Waals surface area contributed by atoms with Gasteiger partial charge in [-0.3, -0.25) is 9.69 Å². The van der Waals surface area contributed by atoms with E-state index in [0.717, 1.165) is 36.2 Å². The Balaban J connectivity index is 1.77. The van der Waals surface area contributed by atoms with Crippen LogP contribution in [-0.2, 0) is 4.79 Å². The molecular weight excluding hydrogens is 308 g/mol. The number of pyridine rings is 1. The number of aromatic nitrogens is 1. The molecule has 2 heterocycles. The molecular formula is C13H19BrN4O. The molecule has 19 heavy (non-hydrogen) atoms. The van der Waals surface area contributed by atoms with Crippen molar-refractivity contribution in [3.8, 4) is 0 Å². The van der Waals surface area contributed by atoms with Crippen LogP contribution in [0.1, 0.15) is 12.8 Å². The molecule has 2 rings (SSSR count). The van der Waals surface area contributed by atoms with Crippen molar-refractivity contribution >= 4 is 27.7 Å². The van der Waals surface area contributed by atoms with Crippen LogP contribution < -0.4 is 10.6 Å². The predicted octanol–water partition coefficient (Wildman–Crippen LogP) is 1.47. The first-order chi connectivity index (χ1) is 9.17. The number of halogens is 1. The Morgan fingerprint density at radius 2 is 2.21 bits per heavy atom. The second-order valence-electron chi connectivity index (χ2n) is 4.73. The van der Waals surface area contributed by atoms with Gasteiger partial charge in [0, 0.05) is 36.8 Å². The number of hydrogen-bond donors (Lipinski definition) is 2. The lowest BCUT2D eigenvalue weighted by molar-refractivity contribution is -0.122. The fourth-order valence-corrected chi connectivity index (χ4v) is 2.42. The average Bonchev–Trinajstić information content (AvgIpc) is 2.43. The third-order valence-electron chi connectivity index (χ3n) is 3.31. The van der Waals surface area contributed by atoms with E-state index in [2.05, 4.69) is 36.4 Å². The van der Waals surface area contributed by atoms with E-state index in [1.165, 1.54) is 0 Å². The van der Waals surface area contributed by atoms with Gasteiger partial charge in [-0.25, -0.2) is 4.98 Å². The van der Waals surface area contributed by atoms with E-state index < -0.39 is 0 Å². The molecule has 1 aliphatic heterocycles. The van der Waals surface area contributed by atoms with Gasteiger partial charge in [-0.2, -0.15) is 0 Å². The van der Waals surface area contributed by atoms with Gasteiger partial charge in [0.05, 0.1) is 6.54 Å². The van der Waals surface area contributed by atoms with E-state index in [0.29, 0.717) is 12.6 Å². The van der Waals surface area contributed by atoms with Gasteiger partial charge in [-0.05, 0) is 40.9 Å². The van der Waals surface area contributed by atoms with Crippen molar-refractivity contribution in [2.75, 3.05) is 32.0 Å². The molecule has 104 valence electrons. The van der Waals surface area contributed by atoms with Crippen LogP contribution in [0.2, 0.25) is 0 Å². The van der Waals surface area contributed by atoms with Crippen LogP contribution >= 0.6 is 15.9 Å².